The van der Waals surface area contributed by atoms with Crippen LogP contribution in [0.25, 0.3) is 0 Å². The molecule has 0 aliphatic rings. The Morgan fingerprint density at radius 3 is 2.23 bits per heavy atom. The third kappa shape index (κ3) is 7.04. The van der Waals surface area contributed by atoms with Crippen LogP contribution in [0.3, 0.4) is 0 Å². The first kappa shape index (κ1) is 22.0. The summed E-state index contributed by atoms with van der Waals surface area (Å²) < 4.78 is 5.42. The van der Waals surface area contributed by atoms with E-state index in [1.165, 1.54) is 0 Å². The predicted octanol–water partition coefficient (Wildman–Crippen LogP) is 2.65. The van der Waals surface area contributed by atoms with E-state index >= 15 is 0 Å². The van der Waals surface area contributed by atoms with Gasteiger partial charge >= 0.3 is 0 Å². The van der Waals surface area contributed by atoms with Gasteiger partial charge in [-0.05, 0) is 52.3 Å². The number of rotatable bonds is 9. The molecule has 0 heterocycles. The Bertz CT molecular complexity index is 578. The minimum Gasteiger partial charge on any atom is -0.377 e. The average Bonchev–Trinajstić information content (AvgIpc) is 2.65. The maximum atomic E-state index is 12.3. The van der Waals surface area contributed by atoms with Crippen LogP contribution in [0.4, 0.5) is 0 Å². The lowest BCUT2D eigenvalue weighted by molar-refractivity contribution is 0.0268. The highest BCUT2D eigenvalue weighted by Crippen LogP contribution is 2.09. The normalized spacial score (nSPS) is 12.0. The van der Waals surface area contributed by atoms with E-state index in [0.717, 1.165) is 31.2 Å². The molecule has 0 radical (unpaired) electrons. The van der Waals surface area contributed by atoms with Crippen LogP contribution in [0.2, 0.25) is 0 Å². The Balaban J connectivity index is 2.73. The van der Waals surface area contributed by atoms with Gasteiger partial charge in [-0.25, -0.2) is 4.99 Å². The fraction of sp³-hybridized carbons (Fsp3) is 0.600. The molecule has 0 bridgehead atoms. The molecule has 0 saturated carbocycles. The van der Waals surface area contributed by atoms with E-state index < -0.39 is 0 Å². The number of nitrogens with zero attached hydrogens (tertiary/aromatic N) is 2. The molecule has 0 aromatic heterocycles. The Morgan fingerprint density at radius 1 is 1.12 bits per heavy atom. The zero-order valence-corrected chi connectivity index (χ0v) is 17.1. The Hall–Kier alpha value is -2.08. The van der Waals surface area contributed by atoms with Crippen LogP contribution >= 0.6 is 0 Å². The third-order valence-corrected chi connectivity index (χ3v) is 4.25. The number of carbonyl (C=O) groups excluding carboxylic acids is 1. The summed E-state index contributed by atoms with van der Waals surface area (Å²) in [4.78, 5) is 18.8. The van der Waals surface area contributed by atoms with Crippen LogP contribution in [-0.2, 0) is 11.3 Å². The Morgan fingerprint density at radius 2 is 1.73 bits per heavy atom. The smallest absolute Gasteiger partial charge is 0.253 e. The van der Waals surface area contributed by atoms with E-state index in [4.69, 9.17) is 4.74 Å². The lowest BCUT2D eigenvalue weighted by atomic mass is 10.1. The largest absolute Gasteiger partial charge is 0.377 e. The number of guanidine groups is 1. The molecule has 0 saturated heterocycles. The summed E-state index contributed by atoms with van der Waals surface area (Å²) in [5.41, 5.74) is 1.51. The molecule has 6 nitrogen and oxygen atoms in total. The van der Waals surface area contributed by atoms with Crippen molar-refractivity contribution in [2.75, 3.05) is 33.3 Å². The zero-order chi connectivity index (χ0) is 19.6. The van der Waals surface area contributed by atoms with Gasteiger partial charge in [0.05, 0.1) is 12.1 Å². The second kappa shape index (κ2) is 10.8. The van der Waals surface area contributed by atoms with E-state index in [1.54, 1.807) is 7.11 Å². The number of ether oxygens (including phenoxy) is 1. The van der Waals surface area contributed by atoms with Crippen molar-refractivity contribution in [2.24, 2.45) is 4.99 Å². The number of nitrogens with one attached hydrogen (secondary N) is 2. The number of benzene rings is 1. The molecular weight excluding hydrogens is 328 g/mol. The average molecular weight is 363 g/mol. The maximum Gasteiger partial charge on any atom is 0.253 e. The van der Waals surface area contributed by atoms with Gasteiger partial charge in [0.25, 0.3) is 5.91 Å². The summed E-state index contributed by atoms with van der Waals surface area (Å²) in [7, 11) is 1.70. The van der Waals surface area contributed by atoms with Crippen molar-refractivity contribution in [1.29, 1.82) is 0 Å². The molecule has 26 heavy (non-hydrogen) atoms. The van der Waals surface area contributed by atoms with Crippen LogP contribution in [0.1, 0.15) is 50.5 Å². The minimum absolute atomic E-state index is 0.0712. The molecule has 1 aromatic carbocycles. The molecular formula is C20H34N4O2. The number of amides is 1. The highest BCUT2D eigenvalue weighted by atomic mass is 16.5. The van der Waals surface area contributed by atoms with E-state index in [9.17, 15) is 4.79 Å². The first-order valence-corrected chi connectivity index (χ1v) is 9.32. The van der Waals surface area contributed by atoms with Gasteiger partial charge in [0.2, 0.25) is 0 Å². The molecule has 1 rings (SSSR count). The molecule has 0 fully saturated rings. The summed E-state index contributed by atoms with van der Waals surface area (Å²) in [5.74, 6) is 0.822. The van der Waals surface area contributed by atoms with Crippen molar-refractivity contribution in [3.8, 4) is 0 Å². The first-order chi connectivity index (χ1) is 12.4. The molecule has 1 aromatic rings. The van der Waals surface area contributed by atoms with Crippen LogP contribution < -0.4 is 10.6 Å². The number of aliphatic imine (C=N–C) groups is 1. The molecule has 0 unspecified atom stereocenters. The van der Waals surface area contributed by atoms with Crippen molar-refractivity contribution in [1.82, 2.24) is 15.5 Å². The number of methoxy groups -OCH3 is 1. The Labute approximate surface area is 158 Å². The predicted molar refractivity (Wildman–Crippen MR) is 108 cm³/mol. The summed E-state index contributed by atoms with van der Waals surface area (Å²) in [6, 6.07) is 7.67. The van der Waals surface area contributed by atoms with Crippen LogP contribution in [-0.4, -0.2) is 55.7 Å². The molecule has 146 valence electrons. The summed E-state index contributed by atoms with van der Waals surface area (Å²) >= 11 is 0. The summed E-state index contributed by atoms with van der Waals surface area (Å²) in [6.45, 7) is 13.5. The highest BCUT2D eigenvalue weighted by molar-refractivity contribution is 5.94. The van der Waals surface area contributed by atoms with E-state index in [2.05, 4.69) is 15.6 Å². The zero-order valence-electron chi connectivity index (χ0n) is 17.1. The second-order valence-electron chi connectivity index (χ2n) is 6.69. The van der Waals surface area contributed by atoms with Gasteiger partial charge in [-0.15, -0.1) is 0 Å². The monoisotopic (exact) mass is 362 g/mol. The quantitative estimate of drug-likeness (QED) is 0.524. The van der Waals surface area contributed by atoms with Gasteiger partial charge in [0.1, 0.15) is 0 Å². The molecule has 2 N–H and O–H groups in total. The molecule has 0 aliphatic carbocycles. The number of hydrogen-bond acceptors (Lipinski definition) is 3. The van der Waals surface area contributed by atoms with E-state index in [-0.39, 0.29) is 11.5 Å². The van der Waals surface area contributed by atoms with Gasteiger partial charge in [-0.1, -0.05) is 12.1 Å². The fourth-order valence-electron chi connectivity index (χ4n) is 2.33. The topological polar surface area (TPSA) is 66.0 Å². The van der Waals surface area contributed by atoms with Gasteiger partial charge in [0.15, 0.2) is 5.96 Å². The van der Waals surface area contributed by atoms with Gasteiger partial charge in [-0.2, -0.15) is 0 Å². The van der Waals surface area contributed by atoms with Gasteiger partial charge in [-0.3, -0.25) is 4.79 Å². The standard InChI is InChI=1S/C20H34N4O2/c1-7-21-19(23-15-20(4,5)26-6)22-14-16-10-12-17(13-11-16)18(25)24(8-2)9-3/h10-13H,7-9,14-15H2,1-6H3,(H2,21,22,23). The van der Waals surface area contributed by atoms with Crippen LogP contribution in [0.5, 0.6) is 0 Å². The number of hydrogen-bond donors (Lipinski definition) is 2. The fourth-order valence-corrected chi connectivity index (χ4v) is 2.33. The van der Waals surface area contributed by atoms with E-state index in [1.807, 2.05) is 63.8 Å². The highest BCUT2D eigenvalue weighted by Gasteiger charge is 2.16. The lowest BCUT2D eigenvalue weighted by Gasteiger charge is -2.24. The van der Waals surface area contributed by atoms with Crippen molar-refractivity contribution < 1.29 is 9.53 Å². The van der Waals surface area contributed by atoms with Gasteiger partial charge in [0, 0.05) is 38.9 Å². The van der Waals surface area contributed by atoms with Crippen molar-refractivity contribution in [2.45, 2.75) is 46.8 Å². The third-order valence-electron chi connectivity index (χ3n) is 4.25. The van der Waals surface area contributed by atoms with Crippen LogP contribution in [0.15, 0.2) is 29.3 Å². The molecule has 6 heteroatoms. The summed E-state index contributed by atoms with van der Waals surface area (Å²) in [5, 5.41) is 6.53. The SMILES string of the molecule is CCNC(=NCc1ccc(C(=O)N(CC)CC)cc1)NCC(C)(C)OC. The Kier molecular flexibility index (Phi) is 9.13. The van der Waals surface area contributed by atoms with E-state index in [0.29, 0.717) is 18.7 Å². The first-order valence-electron chi connectivity index (χ1n) is 9.32. The molecule has 0 spiro atoms. The second-order valence-corrected chi connectivity index (χ2v) is 6.69. The maximum absolute atomic E-state index is 12.3. The molecule has 1 amide bonds. The van der Waals surface area contributed by atoms with Gasteiger partial charge < -0.3 is 20.3 Å². The van der Waals surface area contributed by atoms with Crippen LogP contribution in [0, 0.1) is 0 Å². The molecule has 0 aliphatic heterocycles. The molecule has 0 atom stereocenters. The number of carbonyl (C=O) groups is 1. The lowest BCUT2D eigenvalue weighted by Crippen LogP contribution is -2.45. The van der Waals surface area contributed by atoms with Crippen molar-refractivity contribution in [3.63, 3.8) is 0 Å². The summed E-state index contributed by atoms with van der Waals surface area (Å²) in [6.07, 6.45) is 0. The minimum atomic E-state index is -0.261. The van der Waals surface area contributed by atoms with Crippen molar-refractivity contribution in [3.05, 3.63) is 35.4 Å². The van der Waals surface area contributed by atoms with Crippen molar-refractivity contribution >= 4 is 11.9 Å².